The van der Waals surface area contributed by atoms with E-state index in [1.165, 1.54) is 39.2 Å². The second-order valence-electron chi connectivity index (χ2n) is 22.9. The fraction of sp³-hybridized carbons (Fsp3) is 0.667. The van der Waals surface area contributed by atoms with Crippen molar-refractivity contribution >= 4 is 70.6 Å². The number of hydrogen-bond donors (Lipinski definition) is 12. The highest BCUT2D eigenvalue weighted by atomic mass is 32.2. The van der Waals surface area contributed by atoms with E-state index in [9.17, 15) is 94.5 Å². The van der Waals surface area contributed by atoms with Crippen LogP contribution in [0.3, 0.4) is 0 Å². The largest absolute Gasteiger partial charge is 0.395 e. The Labute approximate surface area is 605 Å². The second-order valence-corrected chi connectivity index (χ2v) is 31.0. The van der Waals surface area contributed by atoms with E-state index in [1.807, 2.05) is 0 Å². The molecule has 0 aliphatic carbocycles. The van der Waals surface area contributed by atoms with E-state index in [4.69, 9.17) is 30.6 Å². The van der Waals surface area contributed by atoms with Crippen molar-refractivity contribution in [2.45, 2.75) is 178 Å². The third-order valence-corrected chi connectivity index (χ3v) is 25.0. The zero-order chi connectivity index (χ0) is 77.3. The summed E-state index contributed by atoms with van der Waals surface area (Å²) < 4.78 is 116. The number of aryl methyl sites for hydroxylation is 6. The Morgan fingerprint density at radius 1 is 0.317 bits per heavy atom. The van der Waals surface area contributed by atoms with Crippen LogP contribution in [0.2, 0.25) is 0 Å². The van der Waals surface area contributed by atoms with E-state index in [-0.39, 0.29) is 38.1 Å². The summed E-state index contributed by atoms with van der Waals surface area (Å²) in [5.74, 6) is -5.45. The molecule has 0 unspecified atom stereocenters. The molecular weight excluding hydrogens is 1530 g/mol. The monoisotopic (exact) mass is 1600 g/mol. The molecule has 0 spiro atoms. The molecule has 6 fully saturated rings. The standard InChI is InChI=1S/2C9H11F2N3O3S.4C9H12FN3O3S/c2*1-4-12-3-14(8(17)13-4)7-9(10,11)6(16)5(2-15)18-7;4*1-4-11-3-13(9(16)12-4)8-6(10)7(15)5(2-14)17-8/h2*3,5-7,15-16H,2H2,1H3;4*3,5-8,14-15H,2H2,1H3/t5-,6-,7+;5-,6-,7-;5-,6+,7-,8+;5-,6+,7-,8-;5-,6-,7-,8+;5-,6-,7-,8-/m111111/s1. The number of aromatic nitrogens is 18. The molecule has 6 saturated heterocycles. The first-order chi connectivity index (χ1) is 48.9. The van der Waals surface area contributed by atoms with Gasteiger partial charge in [-0.15, -0.1) is 70.6 Å². The number of aliphatic hydroxyl groups is 12. The Morgan fingerprint density at radius 2 is 0.490 bits per heavy atom. The van der Waals surface area contributed by atoms with Crippen molar-refractivity contribution in [3.63, 3.8) is 0 Å². The summed E-state index contributed by atoms with van der Waals surface area (Å²) in [6.07, 6.45) is -8.88. The van der Waals surface area contributed by atoms with Crippen molar-refractivity contribution in [1.82, 2.24) is 87.2 Å². The van der Waals surface area contributed by atoms with Crippen LogP contribution in [0.25, 0.3) is 0 Å². The minimum atomic E-state index is -3.53. The van der Waals surface area contributed by atoms with E-state index in [0.717, 1.165) is 78.0 Å². The number of hydrogen-bond acceptors (Lipinski definition) is 36. The van der Waals surface area contributed by atoms with Crippen LogP contribution in [0.15, 0.2) is 66.7 Å². The van der Waals surface area contributed by atoms with Gasteiger partial charge < -0.3 is 61.3 Å². The number of alkyl halides is 8. The maximum atomic E-state index is 13.8. The molecule has 0 saturated carbocycles. The Morgan fingerprint density at radius 3 is 0.635 bits per heavy atom. The first-order valence-corrected chi connectivity index (χ1v) is 36.1. The summed E-state index contributed by atoms with van der Waals surface area (Å²) in [7, 11) is 0. The first-order valence-electron chi connectivity index (χ1n) is 30.4. The van der Waals surface area contributed by atoms with E-state index in [2.05, 4.69) is 59.8 Å². The summed E-state index contributed by atoms with van der Waals surface area (Å²) in [4.78, 5) is 113. The molecule has 36 nitrogen and oxygen atoms in total. The summed E-state index contributed by atoms with van der Waals surface area (Å²) in [6, 6.07) is 0. The molecule has 104 heavy (non-hydrogen) atoms. The minimum absolute atomic E-state index is 0.182. The Kier molecular flexibility index (Phi) is 30.0. The summed E-state index contributed by atoms with van der Waals surface area (Å²) in [5, 5.41) is 99.2. The lowest BCUT2D eigenvalue weighted by Crippen LogP contribution is -2.41. The normalized spacial score (nSPS) is 32.1. The van der Waals surface area contributed by atoms with Crippen LogP contribution in [0.4, 0.5) is 35.1 Å². The van der Waals surface area contributed by atoms with Crippen LogP contribution >= 0.6 is 70.6 Å². The summed E-state index contributed by atoms with van der Waals surface area (Å²) in [6.45, 7) is 6.62. The SMILES string of the molecule is Cc1ncn([C@@H]2S[C@H](CO)[C@@H](O)C2(F)F)c(=O)n1.Cc1ncn([C@@H]2S[C@H](CO)[C@@H](O)[C@@H]2F)c(=O)n1.Cc1ncn([C@@H]2S[C@H](CO)[C@@H](O)[C@H]2F)c(=O)n1.Cc1ncn([C@H]2S[C@H](CO)[C@@H](O)C2(F)F)c(=O)n1.Cc1ncn([C@H]2S[C@H](CO)[C@@H](O)[C@@H]2F)c(=O)n1.Cc1ncn([C@H]2S[C@H](CO)[C@@H](O)[C@H]2F)c(=O)n1. The molecule has 12 heterocycles. The number of rotatable bonds is 12. The van der Waals surface area contributed by atoms with Gasteiger partial charge in [-0.25, -0.2) is 93.8 Å². The van der Waals surface area contributed by atoms with Crippen molar-refractivity contribution in [1.29, 1.82) is 0 Å². The van der Waals surface area contributed by atoms with Gasteiger partial charge in [-0.1, -0.05) is 0 Å². The van der Waals surface area contributed by atoms with Crippen LogP contribution in [0, 0.1) is 41.5 Å². The molecule has 22 atom stereocenters. The van der Waals surface area contributed by atoms with Gasteiger partial charge in [0.05, 0.1) is 71.1 Å². The van der Waals surface area contributed by atoms with Crippen molar-refractivity contribution in [3.05, 3.63) is 136 Å². The predicted molar refractivity (Wildman–Crippen MR) is 357 cm³/mol. The Bertz CT molecular complexity index is 3820. The van der Waals surface area contributed by atoms with E-state index in [1.54, 1.807) is 27.7 Å². The van der Waals surface area contributed by atoms with Crippen molar-refractivity contribution in [2.24, 2.45) is 0 Å². The fourth-order valence-electron chi connectivity index (χ4n) is 10.1. The van der Waals surface area contributed by atoms with Gasteiger partial charge in [-0.2, -0.15) is 29.9 Å². The molecule has 6 aliphatic rings. The molecule has 12 rings (SSSR count). The predicted octanol–water partition coefficient (Wildman–Crippen LogP) is -3.89. The van der Waals surface area contributed by atoms with E-state index < -0.39 is 184 Å². The molecule has 6 aromatic heterocycles. The van der Waals surface area contributed by atoms with Crippen molar-refractivity contribution in [3.8, 4) is 0 Å². The molecule has 0 bridgehead atoms. The number of thioether (sulfide) groups is 6. The highest BCUT2D eigenvalue weighted by molar-refractivity contribution is 8.01. The van der Waals surface area contributed by atoms with Crippen LogP contribution in [0.5, 0.6) is 0 Å². The van der Waals surface area contributed by atoms with Gasteiger partial charge in [0.2, 0.25) is 0 Å². The van der Waals surface area contributed by atoms with Gasteiger partial charge in [0, 0.05) is 0 Å². The van der Waals surface area contributed by atoms with Crippen molar-refractivity contribution < 1.29 is 96.4 Å². The van der Waals surface area contributed by atoms with E-state index in [0.29, 0.717) is 56.0 Å². The molecule has 50 heteroatoms. The Hall–Kier alpha value is -6.08. The van der Waals surface area contributed by atoms with Gasteiger partial charge in [0.25, 0.3) is 0 Å². The number of nitrogens with zero attached hydrogens (tertiary/aromatic N) is 18. The average molecular weight is 1600 g/mol. The summed E-state index contributed by atoms with van der Waals surface area (Å²) >= 11 is 5.30. The number of halogens is 8. The van der Waals surface area contributed by atoms with Gasteiger partial charge in [-0.3, -0.25) is 27.4 Å². The maximum absolute atomic E-state index is 13.8. The minimum Gasteiger partial charge on any atom is -0.395 e. The quantitative estimate of drug-likeness (QED) is 0.0521. The third kappa shape index (κ3) is 19.2. The molecule has 0 radical (unpaired) electrons. The zero-order valence-corrected chi connectivity index (χ0v) is 59.6. The fourth-order valence-corrected chi connectivity index (χ4v) is 18.1. The molecule has 12 N–H and O–H groups in total. The highest BCUT2D eigenvalue weighted by Crippen LogP contribution is 2.53. The zero-order valence-electron chi connectivity index (χ0n) is 54.7. The Balaban J connectivity index is 0.000000175. The smallest absolute Gasteiger partial charge is 0.351 e. The summed E-state index contributed by atoms with van der Waals surface area (Å²) in [5.41, 5.74) is -4.14. The molecule has 576 valence electrons. The lowest BCUT2D eigenvalue weighted by atomic mass is 10.1. The molecular formula is C54H70F8N18O18S6. The van der Waals surface area contributed by atoms with Gasteiger partial charge in [-0.05, 0) is 41.5 Å². The number of aliphatic hydroxyl groups excluding tert-OH is 12. The van der Waals surface area contributed by atoms with Gasteiger partial charge in [0.15, 0.2) is 35.4 Å². The first kappa shape index (κ1) is 85.2. The van der Waals surface area contributed by atoms with Crippen LogP contribution in [-0.4, -0.2) is 293 Å². The van der Waals surface area contributed by atoms with Crippen LogP contribution < -0.4 is 34.1 Å². The molecule has 0 aromatic carbocycles. The third-order valence-electron chi connectivity index (χ3n) is 15.7. The van der Waals surface area contributed by atoms with Gasteiger partial charge in [0.1, 0.15) is 131 Å². The average Bonchev–Trinajstić information content (AvgIpc) is 1.60. The van der Waals surface area contributed by atoms with Crippen molar-refractivity contribution in [2.75, 3.05) is 39.6 Å². The lowest BCUT2D eigenvalue weighted by molar-refractivity contribution is -0.114. The molecule has 6 aliphatic heterocycles. The molecule has 6 aromatic rings. The molecule has 0 amide bonds. The van der Waals surface area contributed by atoms with Gasteiger partial charge >= 0.3 is 46.0 Å². The maximum Gasteiger partial charge on any atom is 0.351 e. The highest BCUT2D eigenvalue weighted by Gasteiger charge is 2.60. The van der Waals surface area contributed by atoms with E-state index >= 15 is 0 Å². The van der Waals surface area contributed by atoms with Crippen LogP contribution in [0.1, 0.15) is 67.2 Å². The topological polar surface area (TPSA) is 529 Å². The second kappa shape index (κ2) is 36.7. The van der Waals surface area contributed by atoms with Crippen LogP contribution in [-0.2, 0) is 0 Å². The lowest BCUT2D eigenvalue weighted by Gasteiger charge is -2.21.